The number of hydrogen-bond donors (Lipinski definition) is 0. The molecule has 0 radical (unpaired) electrons. The molecule has 1 fully saturated rings. The van der Waals surface area contributed by atoms with Gasteiger partial charge in [0.2, 0.25) is 5.89 Å². The molecular weight excluding hydrogens is 370 g/mol. The minimum absolute atomic E-state index is 0.0393. The topological polar surface area (TPSA) is 84.6 Å². The first-order valence-electron chi connectivity index (χ1n) is 9.75. The average Bonchev–Trinajstić information content (AvgIpc) is 3.23. The van der Waals surface area contributed by atoms with E-state index in [2.05, 4.69) is 19.9 Å². The van der Waals surface area contributed by atoms with E-state index in [0.717, 1.165) is 35.9 Å². The maximum absolute atomic E-state index is 13.0. The summed E-state index contributed by atoms with van der Waals surface area (Å²) in [7, 11) is 0. The summed E-state index contributed by atoms with van der Waals surface area (Å²) in [5.74, 6) is 2.23. The van der Waals surface area contributed by atoms with Crippen molar-refractivity contribution in [1.29, 1.82) is 0 Å². The summed E-state index contributed by atoms with van der Waals surface area (Å²) in [6.45, 7) is 4.08. The van der Waals surface area contributed by atoms with Crippen LogP contribution in [0.3, 0.4) is 0 Å². The molecule has 29 heavy (non-hydrogen) atoms. The highest BCUT2D eigenvalue weighted by Gasteiger charge is 2.27. The number of oxazole rings is 1. The van der Waals surface area contributed by atoms with Crippen molar-refractivity contribution in [3.05, 3.63) is 59.9 Å². The van der Waals surface area contributed by atoms with Crippen molar-refractivity contribution in [3.63, 3.8) is 0 Å². The molecule has 3 aromatic heterocycles. The van der Waals surface area contributed by atoms with Gasteiger partial charge in [0, 0.05) is 44.6 Å². The van der Waals surface area contributed by atoms with Crippen LogP contribution in [0, 0.1) is 0 Å². The standard InChI is InChI=1S/C21H21N5O3/c27-21(16-3-4-19(23-13-16)25-8-10-28-11-9-25)26-7-5-18-17(14-26)24-20(29-18)15-2-1-6-22-12-15/h1-4,6,12-13H,5,7-11,14H2. The Kier molecular flexibility index (Phi) is 4.69. The first-order valence-corrected chi connectivity index (χ1v) is 9.75. The van der Waals surface area contributed by atoms with E-state index >= 15 is 0 Å². The molecular formula is C21H21N5O3. The van der Waals surface area contributed by atoms with Crippen molar-refractivity contribution in [2.75, 3.05) is 37.7 Å². The summed E-state index contributed by atoms with van der Waals surface area (Å²) < 4.78 is 11.3. The van der Waals surface area contributed by atoms with Gasteiger partial charge in [-0.05, 0) is 24.3 Å². The molecule has 1 saturated heterocycles. The predicted molar refractivity (Wildman–Crippen MR) is 105 cm³/mol. The molecule has 0 bridgehead atoms. The monoisotopic (exact) mass is 391 g/mol. The zero-order valence-corrected chi connectivity index (χ0v) is 16.0. The minimum atomic E-state index is -0.0393. The molecule has 0 unspecified atom stereocenters. The van der Waals surface area contributed by atoms with E-state index in [0.29, 0.717) is 44.2 Å². The Hall–Kier alpha value is -3.26. The third kappa shape index (κ3) is 3.58. The van der Waals surface area contributed by atoms with Gasteiger partial charge in [-0.15, -0.1) is 0 Å². The molecule has 3 aromatic rings. The van der Waals surface area contributed by atoms with Crippen LogP contribution in [0.25, 0.3) is 11.5 Å². The van der Waals surface area contributed by atoms with Crippen molar-refractivity contribution in [2.45, 2.75) is 13.0 Å². The fourth-order valence-electron chi connectivity index (χ4n) is 3.66. The van der Waals surface area contributed by atoms with Crippen LogP contribution in [0.15, 0.2) is 47.3 Å². The third-order valence-electron chi connectivity index (χ3n) is 5.25. The summed E-state index contributed by atoms with van der Waals surface area (Å²) in [6.07, 6.45) is 5.74. The van der Waals surface area contributed by atoms with Gasteiger partial charge in [0.05, 0.1) is 30.9 Å². The van der Waals surface area contributed by atoms with E-state index < -0.39 is 0 Å². The Balaban J connectivity index is 1.30. The quantitative estimate of drug-likeness (QED) is 0.676. The molecule has 8 heteroatoms. The van der Waals surface area contributed by atoms with Crippen molar-refractivity contribution in [3.8, 4) is 11.5 Å². The summed E-state index contributed by atoms with van der Waals surface area (Å²) in [5.41, 5.74) is 2.23. The minimum Gasteiger partial charge on any atom is -0.441 e. The Morgan fingerprint density at radius 3 is 2.72 bits per heavy atom. The average molecular weight is 391 g/mol. The lowest BCUT2D eigenvalue weighted by Gasteiger charge is -2.28. The number of carbonyl (C=O) groups is 1. The molecule has 1 amide bonds. The van der Waals surface area contributed by atoms with Crippen molar-refractivity contribution in [1.82, 2.24) is 19.9 Å². The largest absolute Gasteiger partial charge is 0.441 e. The highest BCUT2D eigenvalue weighted by atomic mass is 16.5. The second-order valence-electron chi connectivity index (χ2n) is 7.11. The molecule has 0 saturated carbocycles. The van der Waals surface area contributed by atoms with Gasteiger partial charge in [0.15, 0.2) is 0 Å². The lowest BCUT2D eigenvalue weighted by molar-refractivity contribution is 0.0727. The van der Waals surface area contributed by atoms with Crippen LogP contribution in [0.4, 0.5) is 5.82 Å². The fraction of sp³-hybridized carbons (Fsp3) is 0.333. The number of rotatable bonds is 3. The normalized spacial score (nSPS) is 16.6. The number of amides is 1. The highest BCUT2D eigenvalue weighted by molar-refractivity contribution is 5.94. The zero-order chi connectivity index (χ0) is 19.6. The van der Waals surface area contributed by atoms with E-state index in [4.69, 9.17) is 9.15 Å². The van der Waals surface area contributed by atoms with Crippen LogP contribution in [-0.4, -0.2) is 58.6 Å². The van der Waals surface area contributed by atoms with Crippen LogP contribution in [0.5, 0.6) is 0 Å². The zero-order valence-electron chi connectivity index (χ0n) is 16.0. The molecule has 5 rings (SSSR count). The number of pyridine rings is 2. The molecule has 0 N–H and O–H groups in total. The third-order valence-corrected chi connectivity index (χ3v) is 5.25. The molecule has 0 spiro atoms. The number of fused-ring (bicyclic) bond motifs is 1. The van der Waals surface area contributed by atoms with E-state index in [-0.39, 0.29) is 5.91 Å². The fourth-order valence-corrected chi connectivity index (χ4v) is 3.66. The van der Waals surface area contributed by atoms with Crippen LogP contribution in [0.1, 0.15) is 21.8 Å². The SMILES string of the molecule is O=C(c1ccc(N2CCOCC2)nc1)N1CCc2oc(-c3cccnc3)nc2C1. The lowest BCUT2D eigenvalue weighted by atomic mass is 10.1. The van der Waals surface area contributed by atoms with Gasteiger partial charge >= 0.3 is 0 Å². The summed E-state index contributed by atoms with van der Waals surface area (Å²) >= 11 is 0. The van der Waals surface area contributed by atoms with Gasteiger partial charge in [-0.2, -0.15) is 0 Å². The summed E-state index contributed by atoms with van der Waals surface area (Å²) in [4.78, 5) is 30.1. The predicted octanol–water partition coefficient (Wildman–Crippen LogP) is 2.17. The van der Waals surface area contributed by atoms with Crippen molar-refractivity contribution < 1.29 is 13.9 Å². The number of hydrogen-bond acceptors (Lipinski definition) is 7. The smallest absolute Gasteiger partial charge is 0.255 e. The number of ether oxygens (including phenoxy) is 1. The first-order chi connectivity index (χ1) is 14.3. The van der Waals surface area contributed by atoms with Gasteiger partial charge in [0.25, 0.3) is 5.91 Å². The Labute approximate surface area is 168 Å². The number of carbonyl (C=O) groups excluding carboxylic acids is 1. The molecule has 148 valence electrons. The van der Waals surface area contributed by atoms with Gasteiger partial charge in [-0.1, -0.05) is 0 Å². The highest BCUT2D eigenvalue weighted by Crippen LogP contribution is 2.26. The molecule has 0 atom stereocenters. The molecule has 0 aromatic carbocycles. The molecule has 0 aliphatic carbocycles. The van der Waals surface area contributed by atoms with Gasteiger partial charge in [-0.3, -0.25) is 9.78 Å². The van der Waals surface area contributed by atoms with Crippen molar-refractivity contribution in [2.24, 2.45) is 0 Å². The second-order valence-corrected chi connectivity index (χ2v) is 7.11. The maximum Gasteiger partial charge on any atom is 0.255 e. The number of aromatic nitrogens is 3. The van der Waals surface area contributed by atoms with Crippen LogP contribution < -0.4 is 4.90 Å². The lowest BCUT2D eigenvalue weighted by Crippen LogP contribution is -2.37. The Morgan fingerprint density at radius 2 is 1.97 bits per heavy atom. The Morgan fingerprint density at radius 1 is 1.07 bits per heavy atom. The number of nitrogens with zero attached hydrogens (tertiary/aromatic N) is 5. The summed E-state index contributed by atoms with van der Waals surface area (Å²) in [5, 5.41) is 0. The van der Waals surface area contributed by atoms with Crippen LogP contribution >= 0.6 is 0 Å². The number of anilines is 1. The van der Waals surface area contributed by atoms with E-state index in [1.165, 1.54) is 0 Å². The first kappa shape index (κ1) is 17.8. The van der Waals surface area contributed by atoms with Gasteiger partial charge in [-0.25, -0.2) is 9.97 Å². The van der Waals surface area contributed by atoms with E-state index in [1.54, 1.807) is 23.5 Å². The molecule has 5 heterocycles. The molecule has 2 aliphatic rings. The van der Waals surface area contributed by atoms with Gasteiger partial charge in [0.1, 0.15) is 17.3 Å². The van der Waals surface area contributed by atoms with E-state index in [1.807, 2.05) is 24.3 Å². The Bertz CT molecular complexity index is 997. The maximum atomic E-state index is 13.0. The molecule has 2 aliphatic heterocycles. The summed E-state index contributed by atoms with van der Waals surface area (Å²) in [6, 6.07) is 7.51. The van der Waals surface area contributed by atoms with Crippen LogP contribution in [0.2, 0.25) is 0 Å². The van der Waals surface area contributed by atoms with Crippen LogP contribution in [-0.2, 0) is 17.7 Å². The van der Waals surface area contributed by atoms with Gasteiger partial charge < -0.3 is 19.0 Å². The molecule has 8 nitrogen and oxygen atoms in total. The van der Waals surface area contributed by atoms with Crippen molar-refractivity contribution >= 4 is 11.7 Å². The number of morpholine rings is 1. The van der Waals surface area contributed by atoms with E-state index in [9.17, 15) is 4.79 Å². The second kappa shape index (κ2) is 7.63.